The Labute approximate surface area is 189 Å². The quantitative estimate of drug-likeness (QED) is 0.678. The van der Waals surface area contributed by atoms with Gasteiger partial charge in [-0.3, -0.25) is 14.4 Å². The Kier molecular flexibility index (Phi) is 6.59. The summed E-state index contributed by atoms with van der Waals surface area (Å²) in [6.45, 7) is 0.723. The van der Waals surface area contributed by atoms with Gasteiger partial charge in [-0.15, -0.1) is 0 Å². The van der Waals surface area contributed by atoms with Crippen molar-refractivity contribution in [2.75, 3.05) is 13.6 Å². The van der Waals surface area contributed by atoms with Crippen LogP contribution in [0.4, 0.5) is 0 Å². The van der Waals surface area contributed by atoms with Crippen LogP contribution in [0, 0.1) is 0 Å². The average Bonchev–Trinajstić information content (AvgIpc) is 2.94. The summed E-state index contributed by atoms with van der Waals surface area (Å²) in [6.07, 6.45) is 0. The van der Waals surface area contributed by atoms with E-state index in [0.717, 1.165) is 0 Å². The number of carbonyl (C=O) groups is 3. The van der Waals surface area contributed by atoms with Crippen molar-refractivity contribution in [2.45, 2.75) is 24.4 Å². The van der Waals surface area contributed by atoms with Crippen LogP contribution in [0.1, 0.15) is 22.8 Å². The Hall–Kier alpha value is -2.62. The number of hydrogen-bond acceptors (Lipinski definition) is 5. The number of benzene rings is 2. The van der Waals surface area contributed by atoms with Gasteiger partial charge in [0.05, 0.1) is 15.6 Å². The molecule has 31 heavy (non-hydrogen) atoms. The van der Waals surface area contributed by atoms with E-state index in [1.165, 1.54) is 37.1 Å². The van der Waals surface area contributed by atoms with E-state index >= 15 is 0 Å². The fraction of sp³-hybridized carbons (Fsp3) is 0.250. The maximum Gasteiger partial charge on any atom is 0.269 e. The van der Waals surface area contributed by atoms with Gasteiger partial charge in [-0.05, 0) is 36.8 Å². The second-order valence-corrected chi connectivity index (χ2v) is 9.52. The fourth-order valence-corrected chi connectivity index (χ4v) is 5.07. The molecule has 8 nitrogen and oxygen atoms in total. The minimum atomic E-state index is -4.16. The molecule has 1 heterocycles. The summed E-state index contributed by atoms with van der Waals surface area (Å²) in [5, 5.41) is 3.06. The van der Waals surface area contributed by atoms with Gasteiger partial charge < -0.3 is 10.2 Å². The van der Waals surface area contributed by atoms with Gasteiger partial charge in [0.15, 0.2) is 0 Å². The van der Waals surface area contributed by atoms with E-state index in [1.807, 2.05) is 0 Å². The van der Waals surface area contributed by atoms with Crippen LogP contribution in [0.25, 0.3) is 0 Å². The predicted molar refractivity (Wildman–Crippen MR) is 115 cm³/mol. The molecule has 0 fully saturated rings. The summed E-state index contributed by atoms with van der Waals surface area (Å²) in [5.41, 5.74) is 0.586. The molecule has 11 heteroatoms. The molecule has 0 unspecified atom stereocenters. The van der Waals surface area contributed by atoms with Crippen LogP contribution >= 0.6 is 23.2 Å². The highest BCUT2D eigenvalue weighted by molar-refractivity contribution is 7.90. The third-order valence-corrected chi connectivity index (χ3v) is 7.47. The molecule has 1 aliphatic heterocycles. The monoisotopic (exact) mass is 483 g/mol. The molecule has 3 amide bonds. The number of carbonyl (C=O) groups excluding carboxylic acids is 3. The SMILES string of the molecule is CNC(=O)[C@H](C)N(Cc1ccc(Cl)c(Cl)c1)C(=O)CN1C(=O)c2ccccc2S1(=O)=O. The Morgan fingerprint density at radius 2 is 1.81 bits per heavy atom. The number of amides is 3. The number of likely N-dealkylation sites (N-methyl/N-ethyl adjacent to an activating group) is 1. The molecule has 2 aromatic rings. The van der Waals surface area contributed by atoms with Crippen molar-refractivity contribution in [3.63, 3.8) is 0 Å². The van der Waals surface area contributed by atoms with Crippen molar-refractivity contribution in [2.24, 2.45) is 0 Å². The van der Waals surface area contributed by atoms with E-state index in [9.17, 15) is 22.8 Å². The van der Waals surface area contributed by atoms with Gasteiger partial charge in [-0.25, -0.2) is 12.7 Å². The first-order valence-electron chi connectivity index (χ1n) is 9.19. The zero-order valence-corrected chi connectivity index (χ0v) is 19.0. The van der Waals surface area contributed by atoms with Gasteiger partial charge >= 0.3 is 0 Å². The lowest BCUT2D eigenvalue weighted by atomic mass is 10.1. The maximum absolute atomic E-state index is 13.1. The molecule has 3 rings (SSSR count). The number of nitrogens with one attached hydrogen (secondary N) is 1. The molecule has 1 atom stereocenters. The topological polar surface area (TPSA) is 104 Å². The number of sulfonamides is 1. The van der Waals surface area contributed by atoms with E-state index in [0.29, 0.717) is 14.9 Å². The fourth-order valence-electron chi connectivity index (χ4n) is 3.23. The zero-order valence-electron chi connectivity index (χ0n) is 16.6. The van der Waals surface area contributed by atoms with Crippen molar-refractivity contribution in [3.05, 3.63) is 63.6 Å². The number of hydrogen-bond donors (Lipinski definition) is 1. The normalized spacial score (nSPS) is 15.4. The Bertz CT molecular complexity index is 1170. The zero-order chi connectivity index (χ0) is 22.9. The largest absolute Gasteiger partial charge is 0.357 e. The molecule has 1 aliphatic rings. The summed E-state index contributed by atoms with van der Waals surface area (Å²) in [5.74, 6) is -1.95. The summed E-state index contributed by atoms with van der Waals surface area (Å²) >= 11 is 12.0. The van der Waals surface area contributed by atoms with Crippen LogP contribution in [-0.2, 0) is 26.2 Å². The average molecular weight is 484 g/mol. The number of halogens is 2. The van der Waals surface area contributed by atoms with E-state index in [2.05, 4.69) is 5.32 Å². The van der Waals surface area contributed by atoms with Crippen LogP contribution in [0.3, 0.4) is 0 Å². The lowest BCUT2D eigenvalue weighted by Gasteiger charge is -2.29. The first-order valence-corrected chi connectivity index (χ1v) is 11.4. The number of nitrogens with zero attached hydrogens (tertiary/aromatic N) is 2. The van der Waals surface area contributed by atoms with Gasteiger partial charge in [0.2, 0.25) is 11.8 Å². The second kappa shape index (κ2) is 8.86. The molecule has 0 saturated heterocycles. The van der Waals surface area contributed by atoms with Gasteiger partial charge in [0.1, 0.15) is 17.5 Å². The van der Waals surface area contributed by atoms with Crippen LogP contribution in [0.15, 0.2) is 47.4 Å². The van der Waals surface area contributed by atoms with Crippen LogP contribution < -0.4 is 5.32 Å². The molecule has 0 saturated carbocycles. The van der Waals surface area contributed by atoms with Gasteiger partial charge in [-0.2, -0.15) is 0 Å². The molecular formula is C20H19Cl2N3O5S. The Balaban J connectivity index is 1.91. The van der Waals surface area contributed by atoms with Crippen LogP contribution in [0.2, 0.25) is 10.0 Å². The van der Waals surface area contributed by atoms with Gasteiger partial charge in [0, 0.05) is 13.6 Å². The second-order valence-electron chi connectivity index (χ2n) is 6.87. The molecular weight excluding hydrogens is 465 g/mol. The molecule has 2 aromatic carbocycles. The van der Waals surface area contributed by atoms with Gasteiger partial charge in [-0.1, -0.05) is 41.4 Å². The van der Waals surface area contributed by atoms with E-state index < -0.39 is 40.3 Å². The highest BCUT2D eigenvalue weighted by Crippen LogP contribution is 2.30. The molecule has 0 spiro atoms. The van der Waals surface area contributed by atoms with Crippen molar-refractivity contribution < 1.29 is 22.8 Å². The standard InChI is InChI=1S/C20H19Cl2N3O5S/c1-12(19(27)23-2)24(10-13-7-8-15(21)16(22)9-13)18(26)11-25-20(28)14-5-3-4-6-17(14)31(25,29)30/h3-9,12H,10-11H2,1-2H3,(H,23,27)/t12-/m0/s1. The number of fused-ring (bicyclic) bond motifs is 1. The molecule has 0 aliphatic carbocycles. The smallest absolute Gasteiger partial charge is 0.269 e. The summed E-state index contributed by atoms with van der Waals surface area (Å²) in [7, 11) is -2.74. The highest BCUT2D eigenvalue weighted by atomic mass is 35.5. The molecule has 1 N–H and O–H groups in total. The van der Waals surface area contributed by atoms with Crippen molar-refractivity contribution in [1.29, 1.82) is 0 Å². The number of rotatable bonds is 6. The van der Waals surface area contributed by atoms with Crippen molar-refractivity contribution in [1.82, 2.24) is 14.5 Å². The minimum absolute atomic E-state index is 0.00526. The van der Waals surface area contributed by atoms with E-state index in [-0.39, 0.29) is 22.0 Å². The molecule has 0 aromatic heterocycles. The lowest BCUT2D eigenvalue weighted by molar-refractivity contribution is -0.140. The summed E-state index contributed by atoms with van der Waals surface area (Å²) in [6, 6.07) is 9.55. The molecule has 0 radical (unpaired) electrons. The summed E-state index contributed by atoms with van der Waals surface area (Å²) in [4.78, 5) is 39.0. The van der Waals surface area contributed by atoms with Crippen molar-refractivity contribution >= 4 is 50.9 Å². The Morgan fingerprint density at radius 3 is 2.42 bits per heavy atom. The maximum atomic E-state index is 13.1. The molecule has 0 bridgehead atoms. The minimum Gasteiger partial charge on any atom is -0.357 e. The van der Waals surface area contributed by atoms with Gasteiger partial charge in [0.25, 0.3) is 15.9 Å². The highest BCUT2D eigenvalue weighted by Gasteiger charge is 2.43. The molecule has 164 valence electrons. The first kappa shape index (κ1) is 23.1. The lowest BCUT2D eigenvalue weighted by Crippen LogP contribution is -2.50. The summed E-state index contributed by atoms with van der Waals surface area (Å²) < 4.78 is 26.1. The van der Waals surface area contributed by atoms with Crippen LogP contribution in [-0.4, -0.2) is 55.0 Å². The van der Waals surface area contributed by atoms with E-state index in [1.54, 1.807) is 24.3 Å². The van der Waals surface area contributed by atoms with Crippen molar-refractivity contribution in [3.8, 4) is 0 Å². The third kappa shape index (κ3) is 4.39. The third-order valence-electron chi connectivity index (χ3n) is 4.94. The van der Waals surface area contributed by atoms with Crippen LogP contribution in [0.5, 0.6) is 0 Å². The predicted octanol–water partition coefficient (Wildman–Crippen LogP) is 2.30. The first-order chi connectivity index (χ1) is 14.6. The Morgan fingerprint density at radius 1 is 1.13 bits per heavy atom. The van der Waals surface area contributed by atoms with E-state index in [4.69, 9.17) is 23.2 Å².